The van der Waals surface area contributed by atoms with E-state index in [1.165, 1.54) is 37.7 Å². The molecular weight excluding hydrogens is 400 g/mol. The van der Waals surface area contributed by atoms with Crippen LogP contribution in [0.3, 0.4) is 0 Å². The molecular formula is C28H38O4. The molecule has 174 valence electrons. The molecule has 1 N–H and O–H groups in total. The van der Waals surface area contributed by atoms with E-state index in [0.29, 0.717) is 35.2 Å². The molecule has 5 rings (SSSR count). The van der Waals surface area contributed by atoms with Crippen molar-refractivity contribution < 1.29 is 19.4 Å². The molecule has 0 bridgehead atoms. The first-order chi connectivity index (χ1) is 15.2. The molecule has 0 aromatic heterocycles. The largest absolute Gasteiger partial charge is 0.458 e. The average Bonchev–Trinajstić information content (AvgIpc) is 3.10. The van der Waals surface area contributed by atoms with Crippen LogP contribution in [0.15, 0.2) is 34.9 Å². The van der Waals surface area contributed by atoms with Crippen LogP contribution in [-0.2, 0) is 14.3 Å². The van der Waals surface area contributed by atoms with E-state index in [9.17, 15) is 14.7 Å². The molecule has 1 aliphatic heterocycles. The zero-order chi connectivity index (χ0) is 22.8. The number of hydrogen-bond donors (Lipinski definition) is 1. The monoisotopic (exact) mass is 438 g/mol. The molecule has 0 amide bonds. The summed E-state index contributed by atoms with van der Waals surface area (Å²) in [5.41, 5.74) is 3.12. The van der Waals surface area contributed by atoms with Crippen LogP contribution in [0.25, 0.3) is 0 Å². The molecule has 4 aliphatic carbocycles. The number of ketones is 1. The lowest BCUT2D eigenvalue weighted by Crippen LogP contribution is -2.51. The maximum atomic E-state index is 12.4. The zero-order valence-corrected chi connectivity index (χ0v) is 20.0. The van der Waals surface area contributed by atoms with E-state index in [4.69, 9.17) is 4.74 Å². The van der Waals surface area contributed by atoms with E-state index in [1.54, 1.807) is 6.08 Å². The summed E-state index contributed by atoms with van der Waals surface area (Å²) in [4.78, 5) is 24.4. The van der Waals surface area contributed by atoms with Crippen LogP contribution in [0.2, 0.25) is 0 Å². The quantitative estimate of drug-likeness (QED) is 0.618. The Morgan fingerprint density at radius 1 is 1.16 bits per heavy atom. The van der Waals surface area contributed by atoms with Gasteiger partial charge < -0.3 is 9.84 Å². The van der Waals surface area contributed by atoms with Gasteiger partial charge in [0.05, 0.1) is 12.2 Å². The van der Waals surface area contributed by atoms with Gasteiger partial charge in [-0.25, -0.2) is 4.79 Å². The third-order valence-electron chi connectivity index (χ3n) is 10.5. The van der Waals surface area contributed by atoms with Gasteiger partial charge in [0, 0.05) is 11.8 Å². The predicted octanol–water partition coefficient (Wildman–Crippen LogP) is 5.17. The summed E-state index contributed by atoms with van der Waals surface area (Å²) in [5, 5.41) is 9.51. The summed E-state index contributed by atoms with van der Waals surface area (Å²) in [5.74, 6) is 2.76. The summed E-state index contributed by atoms with van der Waals surface area (Å²) in [6, 6.07) is 0. The molecule has 5 aliphatic rings. The molecule has 0 unspecified atom stereocenters. The van der Waals surface area contributed by atoms with Gasteiger partial charge in [0.1, 0.15) is 6.10 Å². The van der Waals surface area contributed by atoms with E-state index in [1.807, 2.05) is 13.0 Å². The highest BCUT2D eigenvalue weighted by Crippen LogP contribution is 2.67. The molecule has 0 aromatic carbocycles. The number of ether oxygens (including phenoxy) is 1. The van der Waals surface area contributed by atoms with Crippen LogP contribution in [0, 0.1) is 40.4 Å². The molecule has 4 heteroatoms. The van der Waals surface area contributed by atoms with Crippen LogP contribution in [0.5, 0.6) is 0 Å². The van der Waals surface area contributed by atoms with Crippen molar-refractivity contribution in [2.45, 2.75) is 78.7 Å². The van der Waals surface area contributed by atoms with Crippen LogP contribution in [-0.4, -0.2) is 29.6 Å². The first kappa shape index (κ1) is 22.1. The lowest BCUT2D eigenvalue weighted by molar-refractivity contribution is -0.152. The summed E-state index contributed by atoms with van der Waals surface area (Å²) < 4.78 is 5.86. The van der Waals surface area contributed by atoms with Crippen molar-refractivity contribution in [3.63, 3.8) is 0 Å². The summed E-state index contributed by atoms with van der Waals surface area (Å²) in [7, 11) is 0. The van der Waals surface area contributed by atoms with E-state index < -0.39 is 0 Å². The van der Waals surface area contributed by atoms with Crippen molar-refractivity contribution in [2.75, 3.05) is 6.61 Å². The number of allylic oxidation sites excluding steroid dienone is 4. The van der Waals surface area contributed by atoms with Crippen molar-refractivity contribution in [3.8, 4) is 0 Å². The Balaban J connectivity index is 1.37. The third-order valence-corrected chi connectivity index (χ3v) is 10.5. The summed E-state index contributed by atoms with van der Waals surface area (Å²) in [6.45, 7) is 8.91. The van der Waals surface area contributed by atoms with Gasteiger partial charge in [-0.05, 0) is 92.6 Å². The number of fused-ring (bicyclic) bond motifs is 5. The SMILES string of the molecule is CC1=C(CO)C(=O)O[C@@H]([C@@H](C)[C@H]2CC[C@H]3[C@@H]4CCC5=CC(=O)C=C[C@]5(C)[C@H]4CC[C@]23C)C1. The maximum absolute atomic E-state index is 12.4. The molecule has 0 radical (unpaired) electrons. The van der Waals surface area contributed by atoms with E-state index in [2.05, 4.69) is 26.8 Å². The maximum Gasteiger partial charge on any atom is 0.336 e. The first-order valence-corrected chi connectivity index (χ1v) is 12.6. The Morgan fingerprint density at radius 3 is 2.66 bits per heavy atom. The smallest absolute Gasteiger partial charge is 0.336 e. The predicted molar refractivity (Wildman–Crippen MR) is 124 cm³/mol. The molecule has 0 aromatic rings. The number of carbonyl (C=O) groups excluding carboxylic acids is 2. The molecule has 32 heavy (non-hydrogen) atoms. The topological polar surface area (TPSA) is 63.6 Å². The Labute approximate surface area is 192 Å². The van der Waals surface area contributed by atoms with Gasteiger partial charge in [0.15, 0.2) is 5.78 Å². The molecule has 3 saturated carbocycles. The first-order valence-electron chi connectivity index (χ1n) is 12.6. The number of esters is 1. The Morgan fingerprint density at radius 2 is 1.94 bits per heavy atom. The van der Waals surface area contributed by atoms with Gasteiger partial charge in [0.25, 0.3) is 0 Å². The minimum atomic E-state index is -0.324. The van der Waals surface area contributed by atoms with Crippen LogP contribution < -0.4 is 0 Å². The van der Waals surface area contributed by atoms with Crippen molar-refractivity contribution in [3.05, 3.63) is 34.9 Å². The minimum Gasteiger partial charge on any atom is -0.458 e. The molecule has 8 atom stereocenters. The zero-order valence-electron chi connectivity index (χ0n) is 20.0. The highest BCUT2D eigenvalue weighted by Gasteiger charge is 2.59. The van der Waals surface area contributed by atoms with Gasteiger partial charge in [0.2, 0.25) is 0 Å². The Bertz CT molecular complexity index is 926. The van der Waals surface area contributed by atoms with Gasteiger partial charge in [-0.3, -0.25) is 4.79 Å². The number of hydrogen-bond acceptors (Lipinski definition) is 4. The lowest BCUT2D eigenvalue weighted by Gasteiger charge is -2.57. The fourth-order valence-corrected chi connectivity index (χ4v) is 8.70. The van der Waals surface area contributed by atoms with Crippen LogP contribution in [0.4, 0.5) is 0 Å². The van der Waals surface area contributed by atoms with Gasteiger partial charge in [-0.15, -0.1) is 0 Å². The van der Waals surface area contributed by atoms with Crippen LogP contribution in [0.1, 0.15) is 72.6 Å². The molecule has 0 spiro atoms. The van der Waals surface area contributed by atoms with Gasteiger partial charge in [-0.1, -0.05) is 38.0 Å². The minimum absolute atomic E-state index is 0.0450. The van der Waals surface area contributed by atoms with Crippen molar-refractivity contribution in [2.24, 2.45) is 40.4 Å². The molecule has 3 fully saturated rings. The normalized spacial score (nSPS) is 44.4. The van der Waals surface area contributed by atoms with Crippen molar-refractivity contribution in [1.82, 2.24) is 0 Å². The number of cyclic esters (lactones) is 1. The standard InChI is InChI=1S/C28H38O4/c1-16-13-25(32-26(31)21(16)15-29)17(2)22-7-8-23-20-6-5-18-14-19(30)9-11-27(18,3)24(20)10-12-28(22,23)4/h9,11,14,17,20,22-25,29H,5-8,10,12-13,15H2,1-4H3/t17-,20-,22+,23-,24-,25+,27-,28+/m0/s1. The lowest BCUT2D eigenvalue weighted by atomic mass is 9.47. The van der Waals surface area contributed by atoms with E-state index in [0.717, 1.165) is 18.4 Å². The summed E-state index contributed by atoms with van der Waals surface area (Å²) in [6.07, 6.45) is 13.8. The molecule has 1 heterocycles. The van der Waals surface area contributed by atoms with Crippen molar-refractivity contribution >= 4 is 11.8 Å². The average molecular weight is 439 g/mol. The highest BCUT2D eigenvalue weighted by atomic mass is 16.5. The molecule has 4 nitrogen and oxygen atoms in total. The van der Waals surface area contributed by atoms with E-state index >= 15 is 0 Å². The highest BCUT2D eigenvalue weighted by molar-refractivity contribution is 6.01. The van der Waals surface area contributed by atoms with Gasteiger partial charge in [-0.2, -0.15) is 0 Å². The van der Waals surface area contributed by atoms with Crippen molar-refractivity contribution in [1.29, 1.82) is 0 Å². The second kappa shape index (κ2) is 7.68. The van der Waals surface area contributed by atoms with Gasteiger partial charge >= 0.3 is 5.97 Å². The number of carbonyl (C=O) groups is 2. The summed E-state index contributed by atoms with van der Waals surface area (Å²) >= 11 is 0. The third kappa shape index (κ3) is 3.12. The van der Waals surface area contributed by atoms with Crippen LogP contribution >= 0.6 is 0 Å². The fraction of sp³-hybridized carbons (Fsp3) is 0.714. The second-order valence-electron chi connectivity index (χ2n) is 11.8. The second-order valence-corrected chi connectivity index (χ2v) is 11.8. The Hall–Kier alpha value is -1.68. The fourth-order valence-electron chi connectivity index (χ4n) is 8.70. The number of aliphatic hydroxyl groups excluding tert-OH is 1. The van der Waals surface area contributed by atoms with E-state index in [-0.39, 0.29) is 35.3 Å². The number of rotatable bonds is 3. The Kier molecular flexibility index (Phi) is 5.31. The number of aliphatic hydroxyl groups is 1. The molecule has 0 saturated heterocycles.